The second-order valence-corrected chi connectivity index (χ2v) is 4.95. The van der Waals surface area contributed by atoms with Crippen LogP contribution in [0.4, 0.5) is 4.79 Å². The second-order valence-electron chi connectivity index (χ2n) is 4.95. The minimum atomic E-state index is -0.572. The average Bonchev–Trinajstić information content (AvgIpc) is 2.52. The van der Waals surface area contributed by atoms with Gasteiger partial charge in [0.25, 0.3) is 0 Å². The summed E-state index contributed by atoms with van der Waals surface area (Å²) in [5, 5.41) is 0. The fraction of sp³-hybridized carbons (Fsp3) is 0.562. The first-order chi connectivity index (χ1) is 10.9. The Morgan fingerprint density at radius 1 is 1.13 bits per heavy atom. The smallest absolute Gasteiger partial charge is 0.417 e. The van der Waals surface area contributed by atoms with E-state index in [2.05, 4.69) is 0 Å². The number of ether oxygens (including phenoxy) is 3. The van der Waals surface area contributed by atoms with Crippen molar-refractivity contribution in [2.24, 2.45) is 5.92 Å². The third-order valence-electron chi connectivity index (χ3n) is 3.39. The van der Waals surface area contributed by atoms with E-state index in [1.165, 1.54) is 18.2 Å². The van der Waals surface area contributed by atoms with E-state index in [9.17, 15) is 14.4 Å². The van der Waals surface area contributed by atoms with E-state index in [0.29, 0.717) is 18.6 Å². The maximum Gasteiger partial charge on any atom is 0.417 e. The minimum Gasteiger partial charge on any atom is -0.466 e. The highest BCUT2D eigenvalue weighted by molar-refractivity contribution is 5.91. The fourth-order valence-corrected chi connectivity index (χ4v) is 2.33. The highest BCUT2D eigenvalue weighted by Crippen LogP contribution is 2.31. The van der Waals surface area contributed by atoms with Crippen LogP contribution in [0.15, 0.2) is 23.5 Å². The summed E-state index contributed by atoms with van der Waals surface area (Å²) < 4.78 is 14.6. The first-order valence-corrected chi connectivity index (χ1v) is 7.53. The third kappa shape index (κ3) is 5.12. The van der Waals surface area contributed by atoms with Crippen LogP contribution in [-0.2, 0) is 23.8 Å². The highest BCUT2D eigenvalue weighted by atomic mass is 16.6. The van der Waals surface area contributed by atoms with Gasteiger partial charge in [-0.3, -0.25) is 9.69 Å². The summed E-state index contributed by atoms with van der Waals surface area (Å²) >= 11 is 0. The zero-order valence-corrected chi connectivity index (χ0v) is 14.0. The standard InChI is InChI=1S/C16H23NO6/c1-5-22-14(18)8-7-12-11(3)9-17(16(20)23-6-2)10-13(12)15(19)21-4/h9-10,12H,5-8H2,1-4H3. The Morgan fingerprint density at radius 3 is 2.35 bits per heavy atom. The second kappa shape index (κ2) is 8.97. The van der Waals surface area contributed by atoms with Crippen molar-refractivity contribution < 1.29 is 28.6 Å². The number of hydrogen-bond acceptors (Lipinski definition) is 6. The Labute approximate surface area is 135 Å². The molecule has 0 aliphatic carbocycles. The van der Waals surface area contributed by atoms with Crippen molar-refractivity contribution in [2.75, 3.05) is 20.3 Å². The molecule has 0 saturated heterocycles. The van der Waals surface area contributed by atoms with Crippen molar-refractivity contribution in [1.82, 2.24) is 4.90 Å². The maximum absolute atomic E-state index is 12.0. The predicted molar refractivity (Wildman–Crippen MR) is 82.1 cm³/mol. The van der Waals surface area contributed by atoms with Crippen LogP contribution >= 0.6 is 0 Å². The van der Waals surface area contributed by atoms with Crippen molar-refractivity contribution in [3.05, 3.63) is 23.5 Å². The van der Waals surface area contributed by atoms with Crippen molar-refractivity contribution in [3.63, 3.8) is 0 Å². The lowest BCUT2D eigenvalue weighted by molar-refractivity contribution is -0.143. The topological polar surface area (TPSA) is 82.1 Å². The molecule has 7 heteroatoms. The van der Waals surface area contributed by atoms with Crippen LogP contribution in [-0.4, -0.2) is 43.3 Å². The van der Waals surface area contributed by atoms with E-state index < -0.39 is 12.1 Å². The molecular formula is C16H23NO6. The third-order valence-corrected chi connectivity index (χ3v) is 3.39. The van der Waals surface area contributed by atoms with Crippen LogP contribution in [0.25, 0.3) is 0 Å². The number of hydrogen-bond donors (Lipinski definition) is 0. The minimum absolute atomic E-state index is 0.178. The molecule has 23 heavy (non-hydrogen) atoms. The fourth-order valence-electron chi connectivity index (χ4n) is 2.33. The molecule has 1 aliphatic heterocycles. The number of allylic oxidation sites excluding steroid dienone is 1. The zero-order valence-electron chi connectivity index (χ0n) is 14.0. The normalized spacial score (nSPS) is 17.0. The van der Waals surface area contributed by atoms with E-state index in [1.54, 1.807) is 27.0 Å². The number of nitrogens with zero attached hydrogens (tertiary/aromatic N) is 1. The summed E-state index contributed by atoms with van der Waals surface area (Å²) in [6, 6.07) is 0. The summed E-state index contributed by atoms with van der Waals surface area (Å²) in [7, 11) is 1.27. The molecule has 0 spiro atoms. The molecule has 0 saturated carbocycles. The van der Waals surface area contributed by atoms with Crippen LogP contribution in [0, 0.1) is 5.92 Å². The molecule has 1 atom stereocenters. The summed E-state index contributed by atoms with van der Waals surface area (Å²) in [6.07, 6.45) is 3.00. The zero-order chi connectivity index (χ0) is 17.4. The van der Waals surface area contributed by atoms with E-state index in [4.69, 9.17) is 14.2 Å². The maximum atomic E-state index is 12.0. The molecular weight excluding hydrogens is 302 g/mol. The lowest BCUT2D eigenvalue weighted by Gasteiger charge is -2.27. The number of amides is 1. The first kappa shape index (κ1) is 18.7. The Morgan fingerprint density at radius 2 is 1.78 bits per heavy atom. The molecule has 7 nitrogen and oxygen atoms in total. The summed E-state index contributed by atoms with van der Waals surface area (Å²) in [5.74, 6) is -1.17. The number of carbonyl (C=O) groups is 3. The molecule has 1 amide bonds. The van der Waals surface area contributed by atoms with Crippen molar-refractivity contribution >= 4 is 18.0 Å². The Balaban J connectivity index is 2.94. The van der Waals surface area contributed by atoms with Crippen molar-refractivity contribution in [2.45, 2.75) is 33.6 Å². The van der Waals surface area contributed by atoms with Crippen molar-refractivity contribution in [3.8, 4) is 0 Å². The predicted octanol–water partition coefficient (Wildman–Crippen LogP) is 2.38. The van der Waals surface area contributed by atoms with Crippen LogP contribution in [0.2, 0.25) is 0 Å². The van der Waals surface area contributed by atoms with Gasteiger partial charge in [-0.05, 0) is 32.8 Å². The van der Waals surface area contributed by atoms with Crippen LogP contribution in [0.3, 0.4) is 0 Å². The van der Waals surface area contributed by atoms with E-state index >= 15 is 0 Å². The van der Waals surface area contributed by atoms with Crippen LogP contribution in [0.5, 0.6) is 0 Å². The van der Waals surface area contributed by atoms with Crippen LogP contribution in [0.1, 0.15) is 33.6 Å². The molecule has 0 bridgehead atoms. The molecule has 0 radical (unpaired) electrons. The van der Waals surface area contributed by atoms with Crippen molar-refractivity contribution in [1.29, 1.82) is 0 Å². The lowest BCUT2D eigenvalue weighted by Crippen LogP contribution is -2.30. The van der Waals surface area contributed by atoms with Gasteiger partial charge in [0.05, 0.1) is 25.9 Å². The molecule has 0 aromatic carbocycles. The monoisotopic (exact) mass is 325 g/mol. The van der Waals surface area contributed by atoms with Gasteiger partial charge >= 0.3 is 18.0 Å². The molecule has 0 aromatic rings. The van der Waals surface area contributed by atoms with Gasteiger partial charge in [-0.25, -0.2) is 9.59 Å². The van der Waals surface area contributed by atoms with Gasteiger partial charge in [-0.2, -0.15) is 0 Å². The van der Waals surface area contributed by atoms with E-state index in [1.807, 2.05) is 0 Å². The molecule has 0 fully saturated rings. The van der Waals surface area contributed by atoms with Gasteiger partial charge in [0.2, 0.25) is 0 Å². The lowest BCUT2D eigenvalue weighted by atomic mass is 9.86. The number of esters is 2. The Bertz CT molecular complexity index is 523. The van der Waals surface area contributed by atoms with Gasteiger partial charge in [-0.15, -0.1) is 0 Å². The number of carbonyl (C=O) groups excluding carboxylic acids is 3. The molecule has 1 aliphatic rings. The Hall–Kier alpha value is -2.31. The van der Waals surface area contributed by atoms with E-state index in [-0.39, 0.29) is 24.9 Å². The van der Waals surface area contributed by atoms with Gasteiger partial charge in [0.1, 0.15) is 0 Å². The molecule has 1 unspecified atom stereocenters. The van der Waals surface area contributed by atoms with Gasteiger partial charge in [-0.1, -0.05) is 0 Å². The summed E-state index contributed by atoms with van der Waals surface area (Å²) in [4.78, 5) is 36.6. The first-order valence-electron chi connectivity index (χ1n) is 7.53. The molecule has 0 N–H and O–H groups in total. The molecule has 1 heterocycles. The molecule has 1 rings (SSSR count). The summed E-state index contributed by atoms with van der Waals surface area (Å²) in [6.45, 7) is 5.77. The van der Waals surface area contributed by atoms with Crippen LogP contribution < -0.4 is 0 Å². The Kier molecular flexibility index (Phi) is 7.31. The number of methoxy groups -OCH3 is 1. The van der Waals surface area contributed by atoms with Gasteiger partial charge < -0.3 is 14.2 Å². The quantitative estimate of drug-likeness (QED) is 0.551. The molecule has 0 aromatic heterocycles. The van der Waals surface area contributed by atoms with Gasteiger partial charge in [0.15, 0.2) is 0 Å². The highest BCUT2D eigenvalue weighted by Gasteiger charge is 2.30. The van der Waals surface area contributed by atoms with Gasteiger partial charge in [0, 0.05) is 24.7 Å². The largest absolute Gasteiger partial charge is 0.466 e. The van der Waals surface area contributed by atoms with E-state index in [0.717, 1.165) is 5.57 Å². The number of rotatable bonds is 6. The average molecular weight is 325 g/mol. The SMILES string of the molecule is CCOC(=O)CCC1C(C)=CN(C(=O)OCC)C=C1C(=O)OC. The summed E-state index contributed by atoms with van der Waals surface area (Å²) in [5.41, 5.74) is 1.08. The molecule has 128 valence electrons.